The van der Waals surface area contributed by atoms with Gasteiger partial charge < -0.3 is 15.3 Å². The van der Waals surface area contributed by atoms with Crippen molar-refractivity contribution >= 4 is 11.8 Å². The van der Waals surface area contributed by atoms with Crippen LogP contribution < -0.4 is 5.32 Å². The Kier molecular flexibility index (Phi) is 7.41. The van der Waals surface area contributed by atoms with Crippen LogP contribution in [-0.4, -0.2) is 63.0 Å². The Morgan fingerprint density at radius 1 is 1.37 bits per heavy atom. The van der Waals surface area contributed by atoms with Crippen LogP contribution in [-0.2, 0) is 11.3 Å². The SMILES string of the molecule is CCCn1nc(C)cc1C(=O)NC(C)(C)CN(C)C(=O)C(O)CC(F)(F)F. The third-order valence-electron chi connectivity index (χ3n) is 3.74. The highest BCUT2D eigenvalue weighted by molar-refractivity contribution is 5.93. The maximum absolute atomic E-state index is 12.6. The van der Waals surface area contributed by atoms with E-state index in [9.17, 15) is 27.9 Å². The smallest absolute Gasteiger partial charge is 0.383 e. The van der Waals surface area contributed by atoms with Crippen molar-refractivity contribution in [3.8, 4) is 0 Å². The molecule has 0 saturated heterocycles. The summed E-state index contributed by atoms with van der Waals surface area (Å²) in [4.78, 5) is 25.5. The molecule has 1 atom stereocenters. The number of carbonyl (C=O) groups excluding carboxylic acids is 2. The van der Waals surface area contributed by atoms with Crippen LogP contribution in [0.1, 0.15) is 49.8 Å². The molecule has 27 heavy (non-hydrogen) atoms. The minimum atomic E-state index is -4.64. The molecule has 1 aromatic rings. The molecule has 1 aromatic heterocycles. The van der Waals surface area contributed by atoms with Crippen LogP contribution in [0.5, 0.6) is 0 Å². The summed E-state index contributed by atoms with van der Waals surface area (Å²) >= 11 is 0. The Labute approximate surface area is 156 Å². The van der Waals surface area contributed by atoms with Crippen LogP contribution in [0.3, 0.4) is 0 Å². The van der Waals surface area contributed by atoms with E-state index in [1.54, 1.807) is 31.5 Å². The van der Waals surface area contributed by atoms with Gasteiger partial charge in [0.25, 0.3) is 11.8 Å². The van der Waals surface area contributed by atoms with Gasteiger partial charge in [-0.3, -0.25) is 14.3 Å². The number of likely N-dealkylation sites (N-methyl/N-ethyl adjacent to an activating group) is 1. The van der Waals surface area contributed by atoms with Crippen LogP contribution in [0.15, 0.2) is 6.07 Å². The van der Waals surface area contributed by atoms with Gasteiger partial charge in [0.1, 0.15) is 11.8 Å². The van der Waals surface area contributed by atoms with E-state index in [1.807, 2.05) is 6.92 Å². The molecule has 0 radical (unpaired) electrons. The van der Waals surface area contributed by atoms with Crippen LogP contribution in [0.4, 0.5) is 13.2 Å². The van der Waals surface area contributed by atoms with Gasteiger partial charge in [-0.1, -0.05) is 6.92 Å². The third kappa shape index (κ3) is 7.20. The Morgan fingerprint density at radius 3 is 2.48 bits per heavy atom. The highest BCUT2D eigenvalue weighted by Gasteiger charge is 2.36. The van der Waals surface area contributed by atoms with Crippen molar-refractivity contribution in [1.82, 2.24) is 20.0 Å². The van der Waals surface area contributed by atoms with Crippen LogP contribution in [0.25, 0.3) is 0 Å². The Bertz CT molecular complexity index is 671. The quantitative estimate of drug-likeness (QED) is 0.707. The topological polar surface area (TPSA) is 87.5 Å². The second-order valence-corrected chi connectivity index (χ2v) is 7.26. The molecule has 0 aliphatic rings. The number of alkyl halides is 3. The van der Waals surface area contributed by atoms with Crippen molar-refractivity contribution in [3.05, 3.63) is 17.5 Å². The predicted molar refractivity (Wildman–Crippen MR) is 93.1 cm³/mol. The summed E-state index contributed by atoms with van der Waals surface area (Å²) in [5, 5.41) is 16.5. The average molecular weight is 392 g/mol. The number of aliphatic hydroxyl groups is 1. The van der Waals surface area contributed by atoms with Crippen molar-refractivity contribution in [3.63, 3.8) is 0 Å². The van der Waals surface area contributed by atoms with Gasteiger partial charge in [0, 0.05) is 20.1 Å². The number of aromatic nitrogens is 2. The predicted octanol–water partition coefficient (Wildman–Crippen LogP) is 1.88. The first-order valence-electron chi connectivity index (χ1n) is 8.62. The monoisotopic (exact) mass is 392 g/mol. The molecule has 1 heterocycles. The average Bonchev–Trinajstić information content (AvgIpc) is 2.84. The number of rotatable bonds is 8. The van der Waals surface area contributed by atoms with Crippen molar-refractivity contribution in [1.29, 1.82) is 0 Å². The molecule has 0 aromatic carbocycles. The highest BCUT2D eigenvalue weighted by atomic mass is 19.4. The number of aliphatic hydroxyl groups excluding tert-OH is 1. The fourth-order valence-corrected chi connectivity index (χ4v) is 2.75. The van der Waals surface area contributed by atoms with Crippen LogP contribution >= 0.6 is 0 Å². The molecule has 0 saturated carbocycles. The molecule has 10 heteroatoms. The second kappa shape index (κ2) is 8.73. The molecule has 2 amide bonds. The molecule has 0 aliphatic heterocycles. The lowest BCUT2D eigenvalue weighted by atomic mass is 10.0. The van der Waals surface area contributed by atoms with Crippen molar-refractivity contribution in [2.24, 2.45) is 0 Å². The lowest BCUT2D eigenvalue weighted by Gasteiger charge is -2.32. The normalized spacial score (nSPS) is 13.4. The van der Waals surface area contributed by atoms with Gasteiger partial charge in [-0.2, -0.15) is 18.3 Å². The molecular weight excluding hydrogens is 365 g/mol. The van der Waals surface area contributed by atoms with Gasteiger partial charge in [-0.15, -0.1) is 0 Å². The molecular formula is C17H27F3N4O3. The van der Waals surface area contributed by atoms with Crippen molar-refractivity contribution < 1.29 is 27.9 Å². The number of carbonyl (C=O) groups is 2. The Morgan fingerprint density at radius 2 is 1.96 bits per heavy atom. The minimum Gasteiger partial charge on any atom is -0.383 e. The standard InChI is InChI=1S/C17H27F3N4O3/c1-6-7-24-12(8-11(2)22-24)14(26)21-16(3,4)10-23(5)15(27)13(25)9-17(18,19)20/h8,13,25H,6-7,9-10H2,1-5H3,(H,21,26). The van der Waals surface area contributed by atoms with E-state index in [0.717, 1.165) is 11.3 Å². The van der Waals surface area contributed by atoms with E-state index in [0.29, 0.717) is 17.9 Å². The number of aryl methyl sites for hydroxylation is 2. The maximum atomic E-state index is 12.6. The first-order chi connectivity index (χ1) is 12.3. The van der Waals surface area contributed by atoms with Gasteiger partial charge in [0.2, 0.25) is 0 Å². The number of amides is 2. The second-order valence-electron chi connectivity index (χ2n) is 7.26. The molecule has 1 unspecified atom stereocenters. The molecule has 1 rings (SSSR count). The van der Waals surface area contributed by atoms with Gasteiger partial charge >= 0.3 is 6.18 Å². The van der Waals surface area contributed by atoms with Crippen molar-refractivity contribution in [2.75, 3.05) is 13.6 Å². The molecule has 154 valence electrons. The van der Waals surface area contributed by atoms with Gasteiger partial charge in [0.15, 0.2) is 0 Å². The first-order valence-corrected chi connectivity index (χ1v) is 8.62. The van der Waals surface area contributed by atoms with E-state index in [-0.39, 0.29) is 6.54 Å². The molecule has 0 aliphatic carbocycles. The van der Waals surface area contributed by atoms with Crippen LogP contribution in [0, 0.1) is 6.92 Å². The maximum Gasteiger partial charge on any atom is 0.392 e. The number of nitrogens with zero attached hydrogens (tertiary/aromatic N) is 3. The highest BCUT2D eigenvalue weighted by Crippen LogP contribution is 2.22. The van der Waals surface area contributed by atoms with E-state index in [4.69, 9.17) is 0 Å². The Balaban J connectivity index is 2.77. The zero-order valence-electron chi connectivity index (χ0n) is 16.2. The van der Waals surface area contributed by atoms with E-state index >= 15 is 0 Å². The summed E-state index contributed by atoms with van der Waals surface area (Å²) in [5.41, 5.74) is 0.122. The van der Waals surface area contributed by atoms with Gasteiger partial charge in [-0.05, 0) is 33.3 Å². The van der Waals surface area contributed by atoms with Crippen LogP contribution in [0.2, 0.25) is 0 Å². The number of hydrogen-bond donors (Lipinski definition) is 2. The molecule has 2 N–H and O–H groups in total. The Hall–Kier alpha value is -2.10. The van der Waals surface area contributed by atoms with Gasteiger partial charge in [-0.25, -0.2) is 0 Å². The summed E-state index contributed by atoms with van der Waals surface area (Å²) in [7, 11) is 1.28. The minimum absolute atomic E-state index is 0.0760. The van der Waals surface area contributed by atoms with E-state index in [1.165, 1.54) is 7.05 Å². The van der Waals surface area contributed by atoms with E-state index < -0.39 is 36.1 Å². The van der Waals surface area contributed by atoms with Gasteiger partial charge in [0.05, 0.1) is 17.7 Å². The third-order valence-corrected chi connectivity index (χ3v) is 3.74. The first kappa shape index (κ1) is 22.9. The largest absolute Gasteiger partial charge is 0.392 e. The summed E-state index contributed by atoms with van der Waals surface area (Å²) in [5.74, 6) is -1.45. The zero-order valence-corrected chi connectivity index (χ0v) is 16.2. The van der Waals surface area contributed by atoms with Crippen molar-refractivity contribution in [2.45, 2.75) is 64.9 Å². The summed E-state index contributed by atoms with van der Waals surface area (Å²) < 4.78 is 38.6. The number of hydrogen-bond acceptors (Lipinski definition) is 4. The molecule has 7 nitrogen and oxygen atoms in total. The fraction of sp³-hybridized carbons (Fsp3) is 0.706. The molecule has 0 bridgehead atoms. The fourth-order valence-electron chi connectivity index (χ4n) is 2.75. The lowest BCUT2D eigenvalue weighted by Crippen LogP contribution is -2.53. The molecule has 0 fully saturated rings. The van der Waals surface area contributed by atoms with E-state index in [2.05, 4.69) is 10.4 Å². The summed E-state index contributed by atoms with van der Waals surface area (Å²) in [6.45, 7) is 7.49. The molecule has 0 spiro atoms. The summed E-state index contributed by atoms with van der Waals surface area (Å²) in [6.07, 6.45) is -7.64. The summed E-state index contributed by atoms with van der Waals surface area (Å²) in [6, 6.07) is 1.64. The lowest BCUT2D eigenvalue weighted by molar-refractivity contribution is -0.168. The number of nitrogens with one attached hydrogen (secondary N) is 1. The number of halogens is 3. The zero-order chi connectivity index (χ0) is 21.0.